The first-order valence-corrected chi connectivity index (χ1v) is 11.4. The van der Waals surface area contributed by atoms with Gasteiger partial charge in [0.15, 0.2) is 0 Å². The lowest BCUT2D eigenvalue weighted by Crippen LogP contribution is -2.42. The summed E-state index contributed by atoms with van der Waals surface area (Å²) in [5.41, 5.74) is 1.58. The molecular weight excluding hydrogens is 404 g/mol. The molecule has 162 valence electrons. The van der Waals surface area contributed by atoms with Gasteiger partial charge >= 0.3 is 0 Å². The van der Waals surface area contributed by atoms with Gasteiger partial charge in [-0.15, -0.1) is 0 Å². The van der Waals surface area contributed by atoms with Crippen LogP contribution >= 0.6 is 0 Å². The molecule has 0 bridgehead atoms. The van der Waals surface area contributed by atoms with E-state index in [0.717, 1.165) is 24.0 Å². The average molecular weight is 433 g/mol. The van der Waals surface area contributed by atoms with Crippen LogP contribution in [0.25, 0.3) is 0 Å². The molecule has 0 spiro atoms. The number of aryl methyl sites for hydroxylation is 1. The van der Waals surface area contributed by atoms with E-state index in [1.165, 1.54) is 11.4 Å². The van der Waals surface area contributed by atoms with E-state index in [1.54, 1.807) is 18.2 Å². The SMILES string of the molecule is COc1ccc(C)cc1S(=O)(=O)N(CC(=O)NC[C@H]1CCCO1)Cc1ccccc1. The summed E-state index contributed by atoms with van der Waals surface area (Å²) in [6.45, 7) is 2.68. The molecule has 7 nitrogen and oxygen atoms in total. The standard InChI is InChI=1S/C22H28N2O5S/c1-17-10-11-20(28-2)21(13-17)30(26,27)24(15-18-7-4-3-5-8-18)16-22(25)23-14-19-9-6-12-29-19/h3-5,7-8,10-11,13,19H,6,9,12,14-16H2,1-2H3,(H,23,25)/t19-/m1/s1. The minimum atomic E-state index is -3.98. The number of nitrogens with one attached hydrogen (secondary N) is 1. The molecule has 1 fully saturated rings. The molecule has 0 saturated carbocycles. The van der Waals surface area contributed by atoms with Crippen LogP contribution in [-0.2, 0) is 26.1 Å². The van der Waals surface area contributed by atoms with Gasteiger partial charge in [0.25, 0.3) is 0 Å². The maximum atomic E-state index is 13.5. The molecule has 30 heavy (non-hydrogen) atoms. The molecule has 8 heteroatoms. The van der Waals surface area contributed by atoms with Crippen LogP contribution in [-0.4, -0.2) is 51.5 Å². The lowest BCUT2D eigenvalue weighted by atomic mass is 10.2. The Morgan fingerprint density at radius 3 is 2.67 bits per heavy atom. The Bertz CT molecular complexity index is 957. The van der Waals surface area contributed by atoms with E-state index in [9.17, 15) is 13.2 Å². The van der Waals surface area contributed by atoms with E-state index in [2.05, 4.69) is 5.32 Å². The van der Waals surface area contributed by atoms with Crippen molar-refractivity contribution in [1.29, 1.82) is 0 Å². The largest absolute Gasteiger partial charge is 0.495 e. The maximum absolute atomic E-state index is 13.5. The Morgan fingerprint density at radius 2 is 2.00 bits per heavy atom. The fourth-order valence-electron chi connectivity index (χ4n) is 3.39. The number of nitrogens with zero attached hydrogens (tertiary/aromatic N) is 1. The molecule has 1 N–H and O–H groups in total. The molecule has 3 rings (SSSR count). The van der Waals surface area contributed by atoms with Crippen molar-refractivity contribution >= 4 is 15.9 Å². The highest BCUT2D eigenvalue weighted by Crippen LogP contribution is 2.28. The maximum Gasteiger partial charge on any atom is 0.247 e. The lowest BCUT2D eigenvalue weighted by molar-refractivity contribution is -0.121. The Morgan fingerprint density at radius 1 is 1.23 bits per heavy atom. The third-order valence-electron chi connectivity index (χ3n) is 5.01. The zero-order valence-electron chi connectivity index (χ0n) is 17.3. The first kappa shape index (κ1) is 22.3. The van der Waals surface area contributed by atoms with Gasteiger partial charge < -0.3 is 14.8 Å². The van der Waals surface area contributed by atoms with Crippen molar-refractivity contribution in [2.45, 2.75) is 37.3 Å². The zero-order chi connectivity index (χ0) is 21.6. The molecule has 2 aromatic carbocycles. The van der Waals surface area contributed by atoms with Crippen molar-refractivity contribution in [3.05, 3.63) is 59.7 Å². The summed E-state index contributed by atoms with van der Waals surface area (Å²) < 4.78 is 39.0. The van der Waals surface area contributed by atoms with E-state index in [4.69, 9.17) is 9.47 Å². The predicted octanol–water partition coefficient (Wildman–Crippen LogP) is 2.49. The van der Waals surface area contributed by atoms with Crippen molar-refractivity contribution in [3.63, 3.8) is 0 Å². The van der Waals surface area contributed by atoms with E-state index in [-0.39, 0.29) is 35.7 Å². The smallest absolute Gasteiger partial charge is 0.247 e. The van der Waals surface area contributed by atoms with Gasteiger partial charge in [-0.2, -0.15) is 4.31 Å². The molecule has 1 amide bonds. The van der Waals surface area contributed by atoms with Gasteiger partial charge in [-0.25, -0.2) is 8.42 Å². The molecule has 1 saturated heterocycles. The van der Waals surface area contributed by atoms with Gasteiger partial charge in [0, 0.05) is 19.7 Å². The summed E-state index contributed by atoms with van der Waals surface area (Å²) in [5, 5.41) is 2.80. The summed E-state index contributed by atoms with van der Waals surface area (Å²) >= 11 is 0. The van der Waals surface area contributed by atoms with Gasteiger partial charge in [-0.3, -0.25) is 4.79 Å². The van der Waals surface area contributed by atoms with Crippen molar-refractivity contribution in [2.75, 3.05) is 26.8 Å². The Hall–Kier alpha value is -2.42. The average Bonchev–Trinajstić information content (AvgIpc) is 3.26. The molecule has 0 aliphatic carbocycles. The van der Waals surface area contributed by atoms with E-state index in [0.29, 0.717) is 13.2 Å². The van der Waals surface area contributed by atoms with Crippen LogP contribution in [0.5, 0.6) is 5.75 Å². The topological polar surface area (TPSA) is 84.9 Å². The van der Waals surface area contributed by atoms with Crippen LogP contribution in [0.3, 0.4) is 0 Å². The van der Waals surface area contributed by atoms with Crippen LogP contribution in [0.2, 0.25) is 0 Å². The van der Waals surface area contributed by atoms with Gasteiger partial charge in [-0.05, 0) is 43.0 Å². The molecule has 1 atom stereocenters. The first-order chi connectivity index (χ1) is 14.4. The number of hydrogen-bond donors (Lipinski definition) is 1. The number of rotatable bonds is 9. The second-order valence-electron chi connectivity index (χ2n) is 7.35. The highest BCUT2D eigenvalue weighted by molar-refractivity contribution is 7.89. The number of carbonyl (C=O) groups excluding carboxylic acids is 1. The highest BCUT2D eigenvalue weighted by atomic mass is 32.2. The van der Waals surface area contributed by atoms with E-state index in [1.807, 2.05) is 37.3 Å². The molecule has 1 aliphatic heterocycles. The minimum absolute atomic E-state index is 0.00926. The number of methoxy groups -OCH3 is 1. The second kappa shape index (κ2) is 10.1. The fourth-order valence-corrected chi connectivity index (χ4v) is 5.01. The number of sulfonamides is 1. The van der Waals surface area contributed by atoms with Crippen molar-refractivity contribution < 1.29 is 22.7 Å². The fraction of sp³-hybridized carbons (Fsp3) is 0.409. The Balaban J connectivity index is 1.84. The van der Waals surface area contributed by atoms with Crippen LogP contribution in [0, 0.1) is 6.92 Å². The van der Waals surface area contributed by atoms with Gasteiger partial charge in [-0.1, -0.05) is 36.4 Å². The van der Waals surface area contributed by atoms with Crippen LogP contribution in [0.4, 0.5) is 0 Å². The van der Waals surface area contributed by atoms with E-state index >= 15 is 0 Å². The molecule has 2 aromatic rings. The minimum Gasteiger partial charge on any atom is -0.495 e. The summed E-state index contributed by atoms with van der Waals surface area (Å²) in [6, 6.07) is 14.2. The highest BCUT2D eigenvalue weighted by Gasteiger charge is 2.30. The van der Waals surface area contributed by atoms with Crippen LogP contribution in [0.15, 0.2) is 53.4 Å². The van der Waals surface area contributed by atoms with Crippen molar-refractivity contribution in [3.8, 4) is 5.75 Å². The molecule has 0 unspecified atom stereocenters. The normalized spacial score (nSPS) is 16.6. The van der Waals surface area contributed by atoms with Crippen molar-refractivity contribution in [1.82, 2.24) is 9.62 Å². The molecule has 0 radical (unpaired) electrons. The Kier molecular flexibility index (Phi) is 7.47. The van der Waals surface area contributed by atoms with Crippen molar-refractivity contribution in [2.24, 2.45) is 0 Å². The molecule has 1 heterocycles. The van der Waals surface area contributed by atoms with Gasteiger partial charge in [0.1, 0.15) is 10.6 Å². The third-order valence-corrected chi connectivity index (χ3v) is 6.82. The summed E-state index contributed by atoms with van der Waals surface area (Å²) in [7, 11) is -2.55. The third kappa shape index (κ3) is 5.59. The van der Waals surface area contributed by atoms with Crippen LogP contribution < -0.4 is 10.1 Å². The number of carbonyl (C=O) groups is 1. The quantitative estimate of drug-likeness (QED) is 0.658. The monoisotopic (exact) mass is 432 g/mol. The number of amides is 1. The number of ether oxygens (including phenoxy) is 2. The summed E-state index contributed by atoms with van der Waals surface area (Å²) in [6.07, 6.45) is 1.86. The van der Waals surface area contributed by atoms with Crippen LogP contribution in [0.1, 0.15) is 24.0 Å². The molecule has 0 aromatic heterocycles. The summed E-state index contributed by atoms with van der Waals surface area (Å²) in [4.78, 5) is 12.6. The van der Waals surface area contributed by atoms with Gasteiger partial charge in [0.05, 0.1) is 19.8 Å². The summed E-state index contributed by atoms with van der Waals surface area (Å²) in [5.74, 6) is -0.116. The second-order valence-corrected chi connectivity index (χ2v) is 9.26. The van der Waals surface area contributed by atoms with E-state index < -0.39 is 10.0 Å². The predicted molar refractivity (Wildman–Crippen MR) is 114 cm³/mol. The molecule has 1 aliphatic rings. The molecular formula is C22H28N2O5S. The Labute approximate surface area is 178 Å². The zero-order valence-corrected chi connectivity index (χ0v) is 18.2. The lowest BCUT2D eigenvalue weighted by Gasteiger charge is -2.23. The number of benzene rings is 2. The first-order valence-electron chi connectivity index (χ1n) is 9.97. The van der Waals surface area contributed by atoms with Gasteiger partial charge in [0.2, 0.25) is 15.9 Å². The number of hydrogen-bond acceptors (Lipinski definition) is 5.